The van der Waals surface area contributed by atoms with Crippen LogP contribution in [0.4, 0.5) is 0 Å². The predicted molar refractivity (Wildman–Crippen MR) is 86.3 cm³/mol. The Labute approximate surface area is 137 Å². The molecule has 2 aliphatic rings. The van der Waals surface area contributed by atoms with E-state index in [0.29, 0.717) is 19.6 Å². The highest BCUT2D eigenvalue weighted by molar-refractivity contribution is 5.85. The topological polar surface area (TPSA) is 58.4 Å². The highest BCUT2D eigenvalue weighted by atomic mass is 16.2. The summed E-state index contributed by atoms with van der Waals surface area (Å²) in [6, 6.07) is 0. The average Bonchev–Trinajstić information content (AvgIpc) is 2.91. The van der Waals surface area contributed by atoms with Crippen molar-refractivity contribution in [3.05, 3.63) is 18.2 Å². The molecule has 2 heterocycles. The zero-order chi connectivity index (χ0) is 16.4. The van der Waals surface area contributed by atoms with E-state index >= 15 is 0 Å². The molecule has 0 atom stereocenters. The molecule has 0 unspecified atom stereocenters. The van der Waals surface area contributed by atoms with Gasteiger partial charge in [0.15, 0.2) is 0 Å². The van der Waals surface area contributed by atoms with E-state index in [1.54, 1.807) is 11.1 Å². The summed E-state index contributed by atoms with van der Waals surface area (Å²) < 4.78 is 1.92. The number of rotatable bonds is 4. The summed E-state index contributed by atoms with van der Waals surface area (Å²) in [7, 11) is 3.73. The van der Waals surface area contributed by atoms with Gasteiger partial charge in [-0.1, -0.05) is 19.3 Å². The summed E-state index contributed by atoms with van der Waals surface area (Å²) in [5.74, 6) is 1.40. The summed E-state index contributed by atoms with van der Waals surface area (Å²) in [6.45, 7) is 1.67. The van der Waals surface area contributed by atoms with Gasteiger partial charge in [-0.15, -0.1) is 0 Å². The van der Waals surface area contributed by atoms with Crippen LogP contribution in [0.1, 0.15) is 37.9 Å². The maximum Gasteiger partial charge on any atom is 0.229 e. The first-order valence-electron chi connectivity index (χ1n) is 8.56. The molecule has 0 aromatic carbocycles. The molecule has 2 amide bonds. The maximum absolute atomic E-state index is 12.5. The molecule has 0 N–H and O–H groups in total. The summed E-state index contributed by atoms with van der Waals surface area (Å²) in [5, 5.41) is 0. The molecule has 126 valence electrons. The van der Waals surface area contributed by atoms with E-state index in [1.165, 1.54) is 19.3 Å². The lowest BCUT2D eigenvalue weighted by Crippen LogP contribution is -2.57. The van der Waals surface area contributed by atoms with Gasteiger partial charge in [-0.25, -0.2) is 4.98 Å². The van der Waals surface area contributed by atoms with Gasteiger partial charge in [0.25, 0.3) is 0 Å². The van der Waals surface area contributed by atoms with Gasteiger partial charge in [-0.05, 0) is 12.8 Å². The minimum absolute atomic E-state index is 0.0483. The number of aromatic nitrogens is 2. The number of likely N-dealkylation sites (tertiary alicyclic amines) is 1. The smallest absolute Gasteiger partial charge is 0.229 e. The largest absolute Gasteiger partial charge is 0.341 e. The fraction of sp³-hybridized carbons (Fsp3) is 0.706. The Morgan fingerprint density at radius 1 is 1.22 bits per heavy atom. The third-order valence-electron chi connectivity index (χ3n) is 5.17. The second-order valence-corrected chi connectivity index (χ2v) is 6.92. The van der Waals surface area contributed by atoms with Crippen LogP contribution in [0.3, 0.4) is 0 Å². The lowest BCUT2D eigenvalue weighted by Gasteiger charge is -2.42. The first-order valence-corrected chi connectivity index (χ1v) is 8.56. The summed E-state index contributed by atoms with van der Waals surface area (Å²) >= 11 is 0. The number of amides is 2. The van der Waals surface area contributed by atoms with Gasteiger partial charge in [0.2, 0.25) is 11.8 Å². The van der Waals surface area contributed by atoms with Crippen LogP contribution >= 0.6 is 0 Å². The number of carbonyl (C=O) groups is 2. The van der Waals surface area contributed by atoms with Crippen LogP contribution in [0.25, 0.3) is 0 Å². The Kier molecular flexibility index (Phi) is 4.68. The minimum atomic E-state index is -0.0483. The zero-order valence-electron chi connectivity index (χ0n) is 14.1. The molecule has 1 saturated heterocycles. The molecule has 1 saturated carbocycles. The molecule has 3 rings (SSSR count). The molecule has 6 nitrogen and oxygen atoms in total. The van der Waals surface area contributed by atoms with Crippen molar-refractivity contribution in [3.63, 3.8) is 0 Å². The molecule has 23 heavy (non-hydrogen) atoms. The monoisotopic (exact) mass is 318 g/mol. The van der Waals surface area contributed by atoms with E-state index in [9.17, 15) is 9.59 Å². The van der Waals surface area contributed by atoms with Gasteiger partial charge in [-0.2, -0.15) is 0 Å². The van der Waals surface area contributed by atoms with Crippen LogP contribution in [-0.4, -0.2) is 51.3 Å². The minimum Gasteiger partial charge on any atom is -0.341 e. The van der Waals surface area contributed by atoms with E-state index < -0.39 is 0 Å². The van der Waals surface area contributed by atoms with Gasteiger partial charge in [0.1, 0.15) is 5.82 Å². The van der Waals surface area contributed by atoms with E-state index in [0.717, 1.165) is 18.7 Å². The van der Waals surface area contributed by atoms with Crippen molar-refractivity contribution in [1.82, 2.24) is 19.4 Å². The summed E-state index contributed by atoms with van der Waals surface area (Å²) in [4.78, 5) is 32.7. The molecule has 2 fully saturated rings. The van der Waals surface area contributed by atoms with Crippen LogP contribution in [-0.2, 0) is 23.2 Å². The standard InChI is InChI=1S/C17H26N4O2/c1-19-9-8-18-15(19)12-20(2)16(22)14-10-21(11-14)17(23)13-6-4-3-5-7-13/h8-9,13-14H,3-7,10-12H2,1-2H3. The van der Waals surface area contributed by atoms with E-state index in [2.05, 4.69) is 4.98 Å². The highest BCUT2D eigenvalue weighted by Crippen LogP contribution is 2.28. The fourth-order valence-electron chi connectivity index (χ4n) is 3.57. The molecule has 1 aromatic rings. The summed E-state index contributed by atoms with van der Waals surface area (Å²) in [6.07, 6.45) is 9.24. The fourth-order valence-corrected chi connectivity index (χ4v) is 3.57. The highest BCUT2D eigenvalue weighted by Gasteiger charge is 2.39. The van der Waals surface area contributed by atoms with Gasteiger partial charge in [0.05, 0.1) is 12.5 Å². The molecular formula is C17H26N4O2. The second-order valence-electron chi connectivity index (χ2n) is 6.92. The van der Waals surface area contributed by atoms with Crippen molar-refractivity contribution in [1.29, 1.82) is 0 Å². The molecule has 1 aliphatic heterocycles. The van der Waals surface area contributed by atoms with Gasteiger partial charge >= 0.3 is 0 Å². The molecule has 1 aliphatic carbocycles. The maximum atomic E-state index is 12.5. The van der Waals surface area contributed by atoms with Crippen molar-refractivity contribution < 1.29 is 9.59 Å². The first-order chi connectivity index (χ1) is 11.1. The van der Waals surface area contributed by atoms with Crippen LogP contribution < -0.4 is 0 Å². The molecule has 1 aromatic heterocycles. The van der Waals surface area contributed by atoms with Crippen molar-refractivity contribution in [2.45, 2.75) is 38.6 Å². The van der Waals surface area contributed by atoms with Crippen LogP contribution in [0.2, 0.25) is 0 Å². The SMILES string of the molecule is CN(Cc1nccn1C)C(=O)C1CN(C(=O)C2CCCCC2)C1. The lowest BCUT2D eigenvalue weighted by atomic mass is 9.86. The Bertz CT molecular complexity index is 571. The van der Waals surface area contributed by atoms with Crippen molar-refractivity contribution in [2.75, 3.05) is 20.1 Å². The Morgan fingerprint density at radius 3 is 2.52 bits per heavy atom. The zero-order valence-corrected chi connectivity index (χ0v) is 14.1. The van der Waals surface area contributed by atoms with Crippen LogP contribution in [0.15, 0.2) is 12.4 Å². The molecule has 0 radical (unpaired) electrons. The molecule has 6 heteroatoms. The Morgan fingerprint density at radius 2 is 1.91 bits per heavy atom. The van der Waals surface area contributed by atoms with Gasteiger partial charge < -0.3 is 14.4 Å². The second kappa shape index (κ2) is 6.72. The number of nitrogens with zero attached hydrogens (tertiary/aromatic N) is 4. The number of imidazole rings is 1. The van der Waals surface area contributed by atoms with Crippen molar-refractivity contribution >= 4 is 11.8 Å². The normalized spacial score (nSPS) is 19.5. The Hall–Kier alpha value is -1.85. The van der Waals surface area contributed by atoms with Crippen molar-refractivity contribution in [2.24, 2.45) is 18.9 Å². The van der Waals surface area contributed by atoms with Crippen molar-refractivity contribution in [3.8, 4) is 0 Å². The molecular weight excluding hydrogens is 292 g/mol. The number of hydrogen-bond donors (Lipinski definition) is 0. The predicted octanol–water partition coefficient (Wildman–Crippen LogP) is 1.42. The summed E-state index contributed by atoms with van der Waals surface area (Å²) in [5.41, 5.74) is 0. The van der Waals surface area contributed by atoms with Gasteiger partial charge in [-0.3, -0.25) is 9.59 Å². The average molecular weight is 318 g/mol. The first kappa shape index (κ1) is 16.0. The molecule has 0 bridgehead atoms. The van der Waals surface area contributed by atoms with E-state index in [1.807, 2.05) is 29.8 Å². The molecule has 0 spiro atoms. The third kappa shape index (κ3) is 3.41. The van der Waals surface area contributed by atoms with Gasteiger partial charge in [0, 0.05) is 45.5 Å². The number of aryl methyl sites for hydroxylation is 1. The number of hydrogen-bond acceptors (Lipinski definition) is 3. The quantitative estimate of drug-likeness (QED) is 0.843. The number of carbonyl (C=O) groups excluding carboxylic acids is 2. The van der Waals surface area contributed by atoms with Crippen LogP contribution in [0, 0.1) is 11.8 Å². The van der Waals surface area contributed by atoms with E-state index in [-0.39, 0.29) is 23.7 Å². The lowest BCUT2D eigenvalue weighted by molar-refractivity contribution is -0.151. The van der Waals surface area contributed by atoms with E-state index in [4.69, 9.17) is 0 Å². The third-order valence-corrected chi connectivity index (χ3v) is 5.17. The van der Waals surface area contributed by atoms with Crippen LogP contribution in [0.5, 0.6) is 0 Å². The Balaban J connectivity index is 1.47.